The minimum absolute atomic E-state index is 0.314. The van der Waals surface area contributed by atoms with E-state index in [9.17, 15) is 9.59 Å². The van der Waals surface area contributed by atoms with Crippen LogP contribution in [0.5, 0.6) is 0 Å². The number of hydrogen-bond donors (Lipinski definition) is 2. The van der Waals surface area contributed by atoms with Crippen LogP contribution in [0.15, 0.2) is 48.7 Å². The Morgan fingerprint density at radius 3 is 2.55 bits per heavy atom. The number of nitrogens with one attached hydrogen (secondary N) is 1. The van der Waals surface area contributed by atoms with E-state index in [0.717, 1.165) is 5.56 Å². The van der Waals surface area contributed by atoms with Crippen LogP contribution < -0.4 is 11.1 Å². The van der Waals surface area contributed by atoms with Crippen molar-refractivity contribution in [2.24, 2.45) is 5.73 Å². The predicted molar refractivity (Wildman–Crippen MR) is 82.3 cm³/mol. The molecule has 0 spiro atoms. The monoisotopic (exact) mass is 299 g/mol. The molecule has 1 aromatic heterocycles. The van der Waals surface area contributed by atoms with Gasteiger partial charge in [-0.1, -0.05) is 30.3 Å². The summed E-state index contributed by atoms with van der Waals surface area (Å²) in [5, 5.41) is 2.62. The molecular formula is C16H17N3O3. The Morgan fingerprint density at radius 2 is 1.95 bits per heavy atom. The molecule has 0 bridgehead atoms. The fraction of sp³-hybridized carbons (Fsp3) is 0.188. The van der Waals surface area contributed by atoms with Gasteiger partial charge in [0.2, 0.25) is 5.91 Å². The zero-order valence-corrected chi connectivity index (χ0v) is 12.2. The van der Waals surface area contributed by atoms with Crippen LogP contribution in [0.25, 0.3) is 0 Å². The van der Waals surface area contributed by atoms with Crippen molar-refractivity contribution in [2.75, 3.05) is 12.4 Å². The van der Waals surface area contributed by atoms with Crippen LogP contribution in [-0.2, 0) is 16.0 Å². The van der Waals surface area contributed by atoms with E-state index in [-0.39, 0.29) is 5.91 Å². The minimum atomic E-state index is -0.676. The maximum atomic E-state index is 12.0. The number of amides is 1. The van der Waals surface area contributed by atoms with E-state index < -0.39 is 12.0 Å². The number of ether oxygens (including phenoxy) is 1. The normalized spacial score (nSPS) is 11.5. The fourth-order valence-electron chi connectivity index (χ4n) is 1.89. The largest absolute Gasteiger partial charge is 0.465 e. The molecule has 1 atom stereocenters. The van der Waals surface area contributed by atoms with E-state index in [1.54, 1.807) is 0 Å². The lowest BCUT2D eigenvalue weighted by Gasteiger charge is -2.12. The number of rotatable bonds is 5. The average molecular weight is 299 g/mol. The molecule has 6 heteroatoms. The van der Waals surface area contributed by atoms with Gasteiger partial charge in [0.05, 0.1) is 18.7 Å². The second-order valence-electron chi connectivity index (χ2n) is 4.71. The molecule has 0 unspecified atom stereocenters. The molecule has 0 aliphatic rings. The van der Waals surface area contributed by atoms with E-state index in [4.69, 9.17) is 5.73 Å². The highest BCUT2D eigenvalue weighted by atomic mass is 16.5. The van der Waals surface area contributed by atoms with Gasteiger partial charge in [-0.05, 0) is 24.1 Å². The van der Waals surface area contributed by atoms with Crippen LogP contribution >= 0.6 is 0 Å². The Kier molecular flexibility index (Phi) is 5.21. The number of esters is 1. The number of methoxy groups -OCH3 is 1. The lowest BCUT2D eigenvalue weighted by atomic mass is 10.1. The van der Waals surface area contributed by atoms with E-state index in [0.29, 0.717) is 17.8 Å². The molecule has 6 nitrogen and oxygen atoms in total. The zero-order chi connectivity index (χ0) is 15.9. The lowest BCUT2D eigenvalue weighted by Crippen LogP contribution is -2.37. The summed E-state index contributed by atoms with van der Waals surface area (Å²) in [6.07, 6.45) is 1.77. The highest BCUT2D eigenvalue weighted by Gasteiger charge is 2.15. The highest BCUT2D eigenvalue weighted by molar-refractivity contribution is 5.94. The van der Waals surface area contributed by atoms with Crippen LogP contribution in [0.4, 0.5) is 5.82 Å². The number of anilines is 1. The second kappa shape index (κ2) is 7.33. The van der Waals surface area contributed by atoms with Crippen molar-refractivity contribution in [1.82, 2.24) is 4.98 Å². The topological polar surface area (TPSA) is 94.3 Å². The SMILES string of the molecule is COC(=O)c1ccc(NC(=O)[C@@H](N)Cc2ccccc2)nc1. The molecule has 0 fully saturated rings. The molecule has 0 radical (unpaired) electrons. The summed E-state index contributed by atoms with van der Waals surface area (Å²) < 4.78 is 4.58. The molecule has 3 N–H and O–H groups in total. The van der Waals surface area contributed by atoms with Gasteiger partial charge in [0, 0.05) is 6.20 Å². The summed E-state index contributed by atoms with van der Waals surface area (Å²) >= 11 is 0. The Hall–Kier alpha value is -2.73. The Morgan fingerprint density at radius 1 is 1.23 bits per heavy atom. The van der Waals surface area contributed by atoms with Crippen LogP contribution in [0.2, 0.25) is 0 Å². The molecule has 0 aliphatic heterocycles. The molecule has 0 aliphatic carbocycles. The van der Waals surface area contributed by atoms with Crippen molar-refractivity contribution in [2.45, 2.75) is 12.5 Å². The van der Waals surface area contributed by atoms with Gasteiger partial charge >= 0.3 is 5.97 Å². The summed E-state index contributed by atoms with van der Waals surface area (Å²) in [5.74, 6) is -0.477. The van der Waals surface area contributed by atoms with Gasteiger partial charge < -0.3 is 15.8 Å². The molecular weight excluding hydrogens is 282 g/mol. The number of carbonyl (C=O) groups excluding carboxylic acids is 2. The Balaban J connectivity index is 1.95. The van der Waals surface area contributed by atoms with E-state index in [1.807, 2.05) is 30.3 Å². The van der Waals surface area contributed by atoms with Gasteiger partial charge in [0.25, 0.3) is 0 Å². The molecule has 2 rings (SSSR count). The highest BCUT2D eigenvalue weighted by Crippen LogP contribution is 2.08. The van der Waals surface area contributed by atoms with Crippen molar-refractivity contribution >= 4 is 17.7 Å². The minimum Gasteiger partial charge on any atom is -0.465 e. The molecule has 0 saturated heterocycles. The molecule has 1 aromatic carbocycles. The van der Waals surface area contributed by atoms with Gasteiger partial charge in [-0.2, -0.15) is 0 Å². The van der Waals surface area contributed by atoms with Gasteiger partial charge in [-0.3, -0.25) is 4.79 Å². The second-order valence-corrected chi connectivity index (χ2v) is 4.71. The average Bonchev–Trinajstić information content (AvgIpc) is 2.55. The summed E-state index contributed by atoms with van der Waals surface area (Å²) in [6, 6.07) is 11.9. The van der Waals surface area contributed by atoms with Gasteiger partial charge in [-0.15, -0.1) is 0 Å². The number of aromatic nitrogens is 1. The van der Waals surface area contributed by atoms with Crippen LogP contribution in [0.3, 0.4) is 0 Å². The van der Waals surface area contributed by atoms with E-state index in [1.165, 1.54) is 25.4 Å². The number of hydrogen-bond acceptors (Lipinski definition) is 5. The molecule has 1 amide bonds. The first-order valence-electron chi connectivity index (χ1n) is 6.75. The quantitative estimate of drug-likeness (QED) is 0.813. The third-order valence-corrected chi connectivity index (χ3v) is 3.07. The van der Waals surface area contributed by atoms with E-state index in [2.05, 4.69) is 15.0 Å². The number of benzene rings is 1. The Bertz CT molecular complexity index is 641. The number of nitrogens with two attached hydrogens (primary N) is 1. The lowest BCUT2D eigenvalue weighted by molar-refractivity contribution is -0.117. The van der Waals surface area contributed by atoms with Crippen molar-refractivity contribution in [3.05, 3.63) is 59.8 Å². The summed E-state index contributed by atoms with van der Waals surface area (Å²) in [6.45, 7) is 0. The fourth-order valence-corrected chi connectivity index (χ4v) is 1.89. The van der Waals surface area contributed by atoms with Crippen LogP contribution in [0, 0.1) is 0 Å². The molecule has 0 saturated carbocycles. The maximum absolute atomic E-state index is 12.0. The summed E-state index contributed by atoms with van der Waals surface area (Å²) in [5.41, 5.74) is 7.18. The molecule has 1 heterocycles. The molecule has 2 aromatic rings. The standard InChI is InChI=1S/C16H17N3O3/c1-22-16(21)12-7-8-14(18-10-12)19-15(20)13(17)9-11-5-3-2-4-6-11/h2-8,10,13H,9,17H2,1H3,(H,18,19,20)/t13-/m0/s1. The first kappa shape index (κ1) is 15.7. The maximum Gasteiger partial charge on any atom is 0.339 e. The zero-order valence-electron chi connectivity index (χ0n) is 12.2. The molecule has 22 heavy (non-hydrogen) atoms. The van der Waals surface area contributed by atoms with Crippen LogP contribution in [0.1, 0.15) is 15.9 Å². The van der Waals surface area contributed by atoms with Crippen molar-refractivity contribution in [3.63, 3.8) is 0 Å². The van der Waals surface area contributed by atoms with Gasteiger partial charge in [0.1, 0.15) is 5.82 Å². The number of nitrogens with zero attached hydrogens (tertiary/aromatic N) is 1. The summed E-state index contributed by atoms with van der Waals surface area (Å²) in [7, 11) is 1.29. The molecule has 114 valence electrons. The smallest absolute Gasteiger partial charge is 0.339 e. The first-order valence-corrected chi connectivity index (χ1v) is 6.75. The van der Waals surface area contributed by atoms with E-state index >= 15 is 0 Å². The predicted octanol–water partition coefficient (Wildman–Crippen LogP) is 1.38. The summed E-state index contributed by atoms with van der Waals surface area (Å²) in [4.78, 5) is 27.3. The van der Waals surface area contributed by atoms with Crippen molar-refractivity contribution in [1.29, 1.82) is 0 Å². The van der Waals surface area contributed by atoms with Gasteiger partial charge in [0.15, 0.2) is 0 Å². The Labute approximate surface area is 128 Å². The third-order valence-electron chi connectivity index (χ3n) is 3.07. The van der Waals surface area contributed by atoms with Crippen LogP contribution in [-0.4, -0.2) is 30.0 Å². The van der Waals surface area contributed by atoms with Gasteiger partial charge in [-0.25, -0.2) is 9.78 Å². The van der Waals surface area contributed by atoms with Crippen molar-refractivity contribution < 1.29 is 14.3 Å². The number of carbonyl (C=O) groups is 2. The van der Waals surface area contributed by atoms with Crippen molar-refractivity contribution in [3.8, 4) is 0 Å². The third kappa shape index (κ3) is 4.13. The first-order chi connectivity index (χ1) is 10.6. The number of pyridine rings is 1.